The fourth-order valence-corrected chi connectivity index (χ4v) is 2.40. The first-order valence-electron chi connectivity index (χ1n) is 6.62. The Labute approximate surface area is 120 Å². The molecule has 3 rings (SSSR count). The van der Waals surface area contributed by atoms with E-state index in [0.29, 0.717) is 23.9 Å². The van der Waals surface area contributed by atoms with Crippen LogP contribution in [0.1, 0.15) is 12.3 Å². The van der Waals surface area contributed by atoms with Crippen LogP contribution in [0.2, 0.25) is 0 Å². The Morgan fingerprint density at radius 2 is 2.05 bits per heavy atom. The Balaban J connectivity index is 1.57. The van der Waals surface area contributed by atoms with E-state index in [9.17, 15) is 9.18 Å². The molecule has 110 valence electrons. The zero-order chi connectivity index (χ0) is 14.8. The predicted octanol–water partition coefficient (Wildman–Crippen LogP) is 1.78. The van der Waals surface area contributed by atoms with E-state index < -0.39 is 5.97 Å². The molecule has 1 aromatic heterocycles. The SMILES string of the molecule is O=C(O)CC1CN(Cc2nnc(-c3ccc(F)cc3)o2)C1. The Morgan fingerprint density at radius 1 is 1.33 bits per heavy atom. The highest BCUT2D eigenvalue weighted by molar-refractivity contribution is 5.67. The Hall–Kier alpha value is -2.28. The average Bonchev–Trinajstić information content (AvgIpc) is 2.85. The largest absolute Gasteiger partial charge is 0.481 e. The maximum Gasteiger partial charge on any atom is 0.303 e. The van der Waals surface area contributed by atoms with Gasteiger partial charge in [0.1, 0.15) is 5.82 Å². The number of benzene rings is 1. The van der Waals surface area contributed by atoms with Gasteiger partial charge in [-0.15, -0.1) is 10.2 Å². The zero-order valence-electron chi connectivity index (χ0n) is 11.2. The van der Waals surface area contributed by atoms with Gasteiger partial charge in [-0.25, -0.2) is 4.39 Å². The molecule has 0 aliphatic carbocycles. The maximum atomic E-state index is 12.8. The second-order valence-electron chi connectivity index (χ2n) is 5.17. The topological polar surface area (TPSA) is 79.5 Å². The number of rotatable bonds is 5. The van der Waals surface area contributed by atoms with Crippen LogP contribution in [0.4, 0.5) is 4.39 Å². The number of likely N-dealkylation sites (tertiary alicyclic amines) is 1. The van der Waals surface area contributed by atoms with Crippen molar-refractivity contribution in [2.24, 2.45) is 5.92 Å². The Morgan fingerprint density at radius 3 is 2.71 bits per heavy atom. The highest BCUT2D eigenvalue weighted by Crippen LogP contribution is 2.23. The molecular formula is C14H14FN3O3. The predicted molar refractivity (Wildman–Crippen MR) is 70.7 cm³/mol. The number of carboxylic acids is 1. The minimum atomic E-state index is -0.768. The fourth-order valence-electron chi connectivity index (χ4n) is 2.40. The van der Waals surface area contributed by atoms with Gasteiger partial charge in [-0.2, -0.15) is 0 Å². The van der Waals surface area contributed by atoms with Crippen molar-refractivity contribution in [1.82, 2.24) is 15.1 Å². The molecule has 6 nitrogen and oxygen atoms in total. The van der Waals surface area contributed by atoms with E-state index in [2.05, 4.69) is 15.1 Å². The third-order valence-electron chi connectivity index (χ3n) is 3.41. The van der Waals surface area contributed by atoms with Crippen molar-refractivity contribution < 1.29 is 18.7 Å². The fraction of sp³-hybridized carbons (Fsp3) is 0.357. The van der Waals surface area contributed by atoms with Crippen LogP contribution in [0.3, 0.4) is 0 Å². The van der Waals surface area contributed by atoms with Gasteiger partial charge in [0.2, 0.25) is 11.8 Å². The molecule has 1 N–H and O–H groups in total. The van der Waals surface area contributed by atoms with E-state index in [1.54, 1.807) is 12.1 Å². The molecule has 1 aromatic carbocycles. The van der Waals surface area contributed by atoms with Crippen molar-refractivity contribution >= 4 is 5.97 Å². The lowest BCUT2D eigenvalue weighted by Crippen LogP contribution is -2.46. The summed E-state index contributed by atoms with van der Waals surface area (Å²) in [6.07, 6.45) is 0.196. The van der Waals surface area contributed by atoms with Gasteiger partial charge in [0.25, 0.3) is 0 Å². The van der Waals surface area contributed by atoms with E-state index in [4.69, 9.17) is 9.52 Å². The first-order valence-corrected chi connectivity index (χ1v) is 6.62. The van der Waals surface area contributed by atoms with Crippen LogP contribution in [0.25, 0.3) is 11.5 Å². The van der Waals surface area contributed by atoms with Crippen LogP contribution in [0.5, 0.6) is 0 Å². The number of hydrogen-bond acceptors (Lipinski definition) is 5. The molecule has 0 saturated carbocycles. The number of halogens is 1. The Bertz CT molecular complexity index is 635. The van der Waals surface area contributed by atoms with Gasteiger partial charge < -0.3 is 9.52 Å². The molecule has 0 amide bonds. The van der Waals surface area contributed by atoms with Crippen molar-refractivity contribution in [3.63, 3.8) is 0 Å². The van der Waals surface area contributed by atoms with E-state index in [1.807, 2.05) is 0 Å². The molecule has 1 aliphatic heterocycles. The normalized spacial score (nSPS) is 15.9. The minimum absolute atomic E-state index is 0.196. The van der Waals surface area contributed by atoms with Gasteiger partial charge in [-0.05, 0) is 30.2 Å². The summed E-state index contributed by atoms with van der Waals surface area (Å²) in [6, 6.07) is 5.84. The summed E-state index contributed by atoms with van der Waals surface area (Å²) in [4.78, 5) is 12.6. The number of nitrogens with zero attached hydrogens (tertiary/aromatic N) is 3. The lowest BCUT2D eigenvalue weighted by atomic mass is 9.97. The van der Waals surface area contributed by atoms with Gasteiger partial charge >= 0.3 is 5.97 Å². The number of aromatic nitrogens is 2. The molecule has 1 fully saturated rings. The van der Waals surface area contributed by atoms with Crippen molar-refractivity contribution in [3.8, 4) is 11.5 Å². The number of aliphatic carboxylic acids is 1. The molecule has 2 aromatic rings. The number of hydrogen-bond donors (Lipinski definition) is 1. The van der Waals surface area contributed by atoms with Crippen LogP contribution in [-0.2, 0) is 11.3 Å². The molecule has 0 spiro atoms. The first-order chi connectivity index (χ1) is 10.1. The summed E-state index contributed by atoms with van der Waals surface area (Å²) in [5.41, 5.74) is 0.669. The monoisotopic (exact) mass is 291 g/mol. The second kappa shape index (κ2) is 5.61. The summed E-state index contributed by atoms with van der Waals surface area (Å²) < 4.78 is 18.4. The van der Waals surface area contributed by atoms with Crippen LogP contribution in [-0.4, -0.2) is 39.3 Å². The van der Waals surface area contributed by atoms with E-state index in [0.717, 1.165) is 13.1 Å². The summed E-state index contributed by atoms with van der Waals surface area (Å²) in [7, 11) is 0. The third kappa shape index (κ3) is 3.25. The molecule has 7 heteroatoms. The lowest BCUT2D eigenvalue weighted by Gasteiger charge is -2.37. The standard InChI is InChI=1S/C14H14FN3O3/c15-11-3-1-10(2-4-11)14-17-16-12(21-14)8-18-6-9(7-18)5-13(19)20/h1-4,9H,5-8H2,(H,19,20). The van der Waals surface area contributed by atoms with Crippen LogP contribution in [0, 0.1) is 11.7 Å². The van der Waals surface area contributed by atoms with E-state index >= 15 is 0 Å². The van der Waals surface area contributed by atoms with Crippen LogP contribution >= 0.6 is 0 Å². The average molecular weight is 291 g/mol. The first kappa shape index (κ1) is 13.7. The van der Waals surface area contributed by atoms with Crippen molar-refractivity contribution in [3.05, 3.63) is 36.0 Å². The zero-order valence-corrected chi connectivity index (χ0v) is 11.2. The highest BCUT2D eigenvalue weighted by atomic mass is 19.1. The molecular weight excluding hydrogens is 277 g/mol. The number of carbonyl (C=O) groups is 1. The summed E-state index contributed by atoms with van der Waals surface area (Å²) in [5.74, 6) is -0.0581. The molecule has 21 heavy (non-hydrogen) atoms. The number of carboxylic acid groups (broad SMARTS) is 1. The van der Waals surface area contributed by atoms with Gasteiger partial charge in [0.05, 0.1) is 13.0 Å². The molecule has 1 aliphatic rings. The lowest BCUT2D eigenvalue weighted by molar-refractivity contribution is -0.139. The van der Waals surface area contributed by atoms with Crippen LogP contribution in [0.15, 0.2) is 28.7 Å². The Kier molecular flexibility index (Phi) is 3.66. The highest BCUT2D eigenvalue weighted by Gasteiger charge is 2.29. The molecule has 0 unspecified atom stereocenters. The minimum Gasteiger partial charge on any atom is -0.481 e. The summed E-state index contributed by atoms with van der Waals surface area (Å²) >= 11 is 0. The van der Waals surface area contributed by atoms with Gasteiger partial charge in [-0.3, -0.25) is 9.69 Å². The smallest absolute Gasteiger partial charge is 0.303 e. The van der Waals surface area contributed by atoms with Crippen molar-refractivity contribution in [1.29, 1.82) is 0 Å². The third-order valence-corrected chi connectivity index (χ3v) is 3.41. The summed E-state index contributed by atoms with van der Waals surface area (Å²) in [5, 5.41) is 16.6. The molecule has 1 saturated heterocycles. The van der Waals surface area contributed by atoms with Gasteiger partial charge in [0.15, 0.2) is 0 Å². The quantitative estimate of drug-likeness (QED) is 0.904. The maximum absolute atomic E-state index is 12.8. The molecule has 0 bridgehead atoms. The van der Waals surface area contributed by atoms with Gasteiger partial charge in [-0.1, -0.05) is 0 Å². The summed E-state index contributed by atoms with van der Waals surface area (Å²) in [6.45, 7) is 1.95. The van der Waals surface area contributed by atoms with Crippen molar-refractivity contribution in [2.45, 2.75) is 13.0 Å². The van der Waals surface area contributed by atoms with Crippen LogP contribution < -0.4 is 0 Å². The van der Waals surface area contributed by atoms with Crippen molar-refractivity contribution in [2.75, 3.05) is 13.1 Å². The van der Waals surface area contributed by atoms with E-state index in [-0.39, 0.29) is 18.2 Å². The molecule has 0 atom stereocenters. The van der Waals surface area contributed by atoms with E-state index in [1.165, 1.54) is 12.1 Å². The van der Waals surface area contributed by atoms with Gasteiger partial charge in [0, 0.05) is 18.7 Å². The molecule has 2 heterocycles. The molecule has 0 radical (unpaired) electrons. The second-order valence-corrected chi connectivity index (χ2v) is 5.17.